The quantitative estimate of drug-likeness (QED) is 0.922. The van der Waals surface area contributed by atoms with Crippen LogP contribution in [0.15, 0.2) is 35.5 Å². The van der Waals surface area contributed by atoms with Gasteiger partial charge in [-0.2, -0.15) is 5.10 Å². The third kappa shape index (κ3) is 3.21. The van der Waals surface area contributed by atoms with Gasteiger partial charge >= 0.3 is 0 Å². The Kier molecular flexibility index (Phi) is 3.73. The fourth-order valence-corrected chi connectivity index (χ4v) is 3.16. The summed E-state index contributed by atoms with van der Waals surface area (Å²) in [4.78, 5) is 0.330. The Hall–Kier alpha value is -1.66. The van der Waals surface area contributed by atoms with E-state index in [2.05, 4.69) is 9.82 Å². The minimum Gasteiger partial charge on any atom is -0.275 e. The van der Waals surface area contributed by atoms with Crippen LogP contribution in [0.5, 0.6) is 0 Å². The zero-order chi connectivity index (χ0) is 14.0. The first-order valence-electron chi connectivity index (χ1n) is 5.93. The van der Waals surface area contributed by atoms with E-state index in [0.29, 0.717) is 4.90 Å². The summed E-state index contributed by atoms with van der Waals surface area (Å²) in [5, 5.41) is 4.00. The molecule has 0 unspecified atom stereocenters. The molecular weight excluding hydrogens is 262 g/mol. The van der Waals surface area contributed by atoms with E-state index < -0.39 is 10.0 Å². The summed E-state index contributed by atoms with van der Waals surface area (Å²) in [7, 11) is -1.70. The van der Waals surface area contributed by atoms with E-state index >= 15 is 0 Å². The van der Waals surface area contributed by atoms with Crippen LogP contribution in [-0.4, -0.2) is 18.2 Å². The zero-order valence-corrected chi connectivity index (χ0v) is 12.0. The van der Waals surface area contributed by atoms with E-state index in [1.54, 1.807) is 37.1 Å². The second-order valence-corrected chi connectivity index (χ2v) is 6.35. The van der Waals surface area contributed by atoms with Gasteiger partial charge in [0.1, 0.15) is 0 Å². The molecular formula is C13H17N3O2S. The standard InChI is InChI=1S/C13H17N3O2S/c1-10-4-5-11(2)13(6-10)19(17,18)15-8-12-7-14-16(3)9-12/h4-7,9,15H,8H2,1-3H3. The number of hydrogen-bond donors (Lipinski definition) is 1. The molecule has 0 amide bonds. The molecule has 5 nitrogen and oxygen atoms in total. The van der Waals surface area contributed by atoms with E-state index in [0.717, 1.165) is 16.7 Å². The summed E-state index contributed by atoms with van der Waals surface area (Å²) >= 11 is 0. The Labute approximate surface area is 113 Å². The molecule has 102 valence electrons. The number of hydrogen-bond acceptors (Lipinski definition) is 3. The number of benzene rings is 1. The molecule has 2 aromatic rings. The van der Waals surface area contributed by atoms with Gasteiger partial charge in [0.05, 0.1) is 11.1 Å². The van der Waals surface area contributed by atoms with Crippen molar-refractivity contribution < 1.29 is 8.42 Å². The second-order valence-electron chi connectivity index (χ2n) is 4.62. The van der Waals surface area contributed by atoms with Crippen molar-refractivity contribution in [2.75, 3.05) is 0 Å². The Morgan fingerprint density at radius 1 is 1.32 bits per heavy atom. The molecule has 1 N–H and O–H groups in total. The maximum Gasteiger partial charge on any atom is 0.241 e. The highest BCUT2D eigenvalue weighted by atomic mass is 32.2. The molecule has 0 bridgehead atoms. The molecule has 0 saturated heterocycles. The average molecular weight is 279 g/mol. The van der Waals surface area contributed by atoms with Crippen LogP contribution >= 0.6 is 0 Å². The van der Waals surface area contributed by atoms with Crippen molar-refractivity contribution in [1.29, 1.82) is 0 Å². The van der Waals surface area contributed by atoms with Crippen LogP contribution in [0.25, 0.3) is 0 Å². The molecule has 0 aliphatic carbocycles. The van der Waals surface area contributed by atoms with E-state index in [9.17, 15) is 8.42 Å². The van der Waals surface area contributed by atoms with E-state index in [1.165, 1.54) is 0 Å². The second kappa shape index (κ2) is 5.14. The molecule has 0 aliphatic heterocycles. The van der Waals surface area contributed by atoms with Gasteiger partial charge < -0.3 is 0 Å². The van der Waals surface area contributed by atoms with Crippen molar-refractivity contribution in [3.05, 3.63) is 47.3 Å². The number of sulfonamides is 1. The summed E-state index contributed by atoms with van der Waals surface area (Å²) < 4.78 is 28.7. The van der Waals surface area contributed by atoms with Gasteiger partial charge in [0.2, 0.25) is 10.0 Å². The Morgan fingerprint density at radius 2 is 2.05 bits per heavy atom. The molecule has 0 saturated carbocycles. The lowest BCUT2D eigenvalue weighted by Crippen LogP contribution is -2.24. The molecule has 0 fully saturated rings. The van der Waals surface area contributed by atoms with Crippen molar-refractivity contribution in [3.8, 4) is 0 Å². The third-order valence-corrected chi connectivity index (χ3v) is 4.40. The summed E-state index contributed by atoms with van der Waals surface area (Å²) in [5.74, 6) is 0. The lowest BCUT2D eigenvalue weighted by molar-refractivity contribution is 0.580. The Bertz CT molecular complexity index is 690. The smallest absolute Gasteiger partial charge is 0.241 e. The summed E-state index contributed by atoms with van der Waals surface area (Å²) in [5.41, 5.74) is 2.49. The topological polar surface area (TPSA) is 64.0 Å². The van der Waals surface area contributed by atoms with E-state index in [-0.39, 0.29) is 6.54 Å². The number of aromatic nitrogens is 2. The fraction of sp³-hybridized carbons (Fsp3) is 0.308. The molecule has 0 aliphatic rings. The summed E-state index contributed by atoms with van der Waals surface area (Å²) in [6, 6.07) is 5.39. The maximum absolute atomic E-state index is 12.2. The molecule has 1 heterocycles. The molecule has 1 aromatic heterocycles. The number of aryl methyl sites for hydroxylation is 3. The Balaban J connectivity index is 2.20. The van der Waals surface area contributed by atoms with Crippen LogP contribution in [0, 0.1) is 13.8 Å². The first kappa shape index (κ1) is 13.8. The third-order valence-electron chi connectivity index (χ3n) is 2.86. The van der Waals surface area contributed by atoms with Crippen molar-refractivity contribution in [1.82, 2.24) is 14.5 Å². The number of nitrogens with zero attached hydrogens (tertiary/aromatic N) is 2. The van der Waals surface area contributed by atoms with Crippen molar-refractivity contribution in [2.45, 2.75) is 25.3 Å². The molecule has 2 rings (SSSR count). The monoisotopic (exact) mass is 279 g/mol. The molecule has 19 heavy (non-hydrogen) atoms. The molecule has 0 spiro atoms. The van der Waals surface area contributed by atoms with Gasteiger partial charge in [-0.3, -0.25) is 4.68 Å². The molecule has 0 radical (unpaired) electrons. The van der Waals surface area contributed by atoms with Crippen LogP contribution in [-0.2, 0) is 23.6 Å². The maximum atomic E-state index is 12.2. The Morgan fingerprint density at radius 3 is 2.68 bits per heavy atom. The molecule has 6 heteroatoms. The minimum absolute atomic E-state index is 0.240. The fourth-order valence-electron chi connectivity index (χ4n) is 1.82. The van der Waals surface area contributed by atoms with Crippen LogP contribution in [0.3, 0.4) is 0 Å². The van der Waals surface area contributed by atoms with Gasteiger partial charge in [-0.25, -0.2) is 13.1 Å². The highest BCUT2D eigenvalue weighted by molar-refractivity contribution is 7.89. The highest BCUT2D eigenvalue weighted by Gasteiger charge is 2.16. The van der Waals surface area contributed by atoms with Gasteiger partial charge in [0.15, 0.2) is 0 Å². The highest BCUT2D eigenvalue weighted by Crippen LogP contribution is 2.16. The largest absolute Gasteiger partial charge is 0.275 e. The van der Waals surface area contributed by atoms with Crippen LogP contribution in [0.4, 0.5) is 0 Å². The van der Waals surface area contributed by atoms with Crippen LogP contribution < -0.4 is 4.72 Å². The van der Waals surface area contributed by atoms with Crippen LogP contribution in [0.2, 0.25) is 0 Å². The van der Waals surface area contributed by atoms with Crippen molar-refractivity contribution >= 4 is 10.0 Å². The van der Waals surface area contributed by atoms with Gasteiger partial charge in [-0.15, -0.1) is 0 Å². The predicted molar refractivity (Wildman–Crippen MR) is 73.1 cm³/mol. The van der Waals surface area contributed by atoms with Gasteiger partial charge in [0, 0.05) is 25.4 Å². The summed E-state index contributed by atoms with van der Waals surface area (Å²) in [6.45, 7) is 3.90. The van der Waals surface area contributed by atoms with E-state index in [1.807, 2.05) is 19.1 Å². The SMILES string of the molecule is Cc1ccc(C)c(S(=O)(=O)NCc2cnn(C)c2)c1. The van der Waals surface area contributed by atoms with Gasteiger partial charge in [-0.05, 0) is 31.0 Å². The van der Waals surface area contributed by atoms with Crippen molar-refractivity contribution in [3.63, 3.8) is 0 Å². The lowest BCUT2D eigenvalue weighted by atomic mass is 10.2. The lowest BCUT2D eigenvalue weighted by Gasteiger charge is -2.09. The zero-order valence-electron chi connectivity index (χ0n) is 11.2. The minimum atomic E-state index is -3.49. The first-order chi connectivity index (χ1) is 8.88. The normalized spacial score (nSPS) is 11.7. The number of rotatable bonds is 4. The van der Waals surface area contributed by atoms with E-state index in [4.69, 9.17) is 0 Å². The average Bonchev–Trinajstić information content (AvgIpc) is 2.76. The van der Waals surface area contributed by atoms with Gasteiger partial charge in [-0.1, -0.05) is 12.1 Å². The summed E-state index contributed by atoms with van der Waals surface area (Å²) in [6.07, 6.45) is 3.43. The molecule has 0 atom stereocenters. The van der Waals surface area contributed by atoms with Crippen LogP contribution in [0.1, 0.15) is 16.7 Å². The number of nitrogens with one attached hydrogen (secondary N) is 1. The first-order valence-corrected chi connectivity index (χ1v) is 7.41. The van der Waals surface area contributed by atoms with Crippen molar-refractivity contribution in [2.24, 2.45) is 7.05 Å². The van der Waals surface area contributed by atoms with Gasteiger partial charge in [0.25, 0.3) is 0 Å². The predicted octanol–water partition coefficient (Wildman–Crippen LogP) is 1.52. The molecule has 1 aromatic carbocycles.